The first kappa shape index (κ1) is 18.7. The third kappa shape index (κ3) is 13.9. The lowest BCUT2D eigenvalue weighted by Gasteiger charge is -2.10. The molecule has 0 amide bonds. The molecule has 2 nitrogen and oxygen atoms in total. The van der Waals surface area contributed by atoms with Gasteiger partial charge in [0.15, 0.2) is 6.29 Å². The van der Waals surface area contributed by atoms with Gasteiger partial charge in [-0.05, 0) is 19.3 Å². The van der Waals surface area contributed by atoms with E-state index in [-0.39, 0.29) is 6.29 Å². The van der Waals surface area contributed by atoms with Crippen LogP contribution in [0.5, 0.6) is 0 Å². The topological polar surface area (TPSA) is 18.5 Å². The Kier molecular flexibility index (Phi) is 15.4. The molecule has 2 heteroatoms. The molecular formula is C17H34O2. The van der Waals surface area contributed by atoms with Crippen LogP contribution < -0.4 is 0 Å². The number of ether oxygens (including phenoxy) is 2. The van der Waals surface area contributed by atoms with Gasteiger partial charge in [0.2, 0.25) is 0 Å². The van der Waals surface area contributed by atoms with E-state index in [0.717, 1.165) is 12.8 Å². The molecule has 0 saturated heterocycles. The lowest BCUT2D eigenvalue weighted by Crippen LogP contribution is -2.11. The maximum absolute atomic E-state index is 5.14. The van der Waals surface area contributed by atoms with Crippen molar-refractivity contribution in [1.82, 2.24) is 0 Å². The molecule has 0 heterocycles. The summed E-state index contributed by atoms with van der Waals surface area (Å²) in [4.78, 5) is 0. The second-order valence-electron chi connectivity index (χ2n) is 5.21. The number of allylic oxidation sites excluding steroid dienone is 2. The molecule has 0 aliphatic carbocycles. The van der Waals surface area contributed by atoms with Crippen LogP contribution in [0.1, 0.15) is 77.6 Å². The Morgan fingerprint density at radius 2 is 1.26 bits per heavy atom. The van der Waals surface area contributed by atoms with Crippen LogP contribution >= 0.6 is 0 Å². The van der Waals surface area contributed by atoms with Gasteiger partial charge in [-0.15, -0.1) is 0 Å². The van der Waals surface area contributed by atoms with Gasteiger partial charge in [0, 0.05) is 20.6 Å². The van der Waals surface area contributed by atoms with Crippen LogP contribution in [-0.2, 0) is 9.47 Å². The first-order valence-corrected chi connectivity index (χ1v) is 8.05. The minimum absolute atomic E-state index is 0.0484. The molecule has 0 saturated carbocycles. The smallest absolute Gasteiger partial charge is 0.157 e. The van der Waals surface area contributed by atoms with Gasteiger partial charge >= 0.3 is 0 Å². The van der Waals surface area contributed by atoms with E-state index < -0.39 is 0 Å². The van der Waals surface area contributed by atoms with Crippen molar-refractivity contribution in [1.29, 1.82) is 0 Å². The Hall–Kier alpha value is -0.340. The van der Waals surface area contributed by atoms with Crippen LogP contribution in [0, 0.1) is 0 Å². The van der Waals surface area contributed by atoms with Gasteiger partial charge in [0.1, 0.15) is 0 Å². The standard InChI is InChI=1S/C17H34O2/c1-4-5-6-7-8-9-10-11-12-13-14-15-16-17(18-2)19-3/h13-14,17H,4-12,15-16H2,1-3H3/b14-13-. The second-order valence-corrected chi connectivity index (χ2v) is 5.21. The fourth-order valence-corrected chi connectivity index (χ4v) is 2.20. The molecular weight excluding hydrogens is 236 g/mol. The summed E-state index contributed by atoms with van der Waals surface area (Å²) in [6, 6.07) is 0. The van der Waals surface area contributed by atoms with E-state index in [2.05, 4.69) is 19.1 Å². The van der Waals surface area contributed by atoms with Crippen LogP contribution in [0.4, 0.5) is 0 Å². The highest BCUT2D eigenvalue weighted by atomic mass is 16.7. The molecule has 114 valence electrons. The molecule has 0 radical (unpaired) electrons. The van der Waals surface area contributed by atoms with Crippen LogP contribution in [0.15, 0.2) is 12.2 Å². The Bertz CT molecular complexity index is 186. The Balaban J connectivity index is 3.16. The van der Waals surface area contributed by atoms with Gasteiger partial charge in [0.25, 0.3) is 0 Å². The number of hydrogen-bond donors (Lipinski definition) is 0. The van der Waals surface area contributed by atoms with E-state index >= 15 is 0 Å². The van der Waals surface area contributed by atoms with Crippen LogP contribution in [0.2, 0.25) is 0 Å². The van der Waals surface area contributed by atoms with E-state index in [1.54, 1.807) is 14.2 Å². The minimum atomic E-state index is -0.0484. The largest absolute Gasteiger partial charge is 0.356 e. The lowest BCUT2D eigenvalue weighted by molar-refractivity contribution is -0.105. The molecule has 19 heavy (non-hydrogen) atoms. The predicted molar refractivity (Wildman–Crippen MR) is 83.4 cm³/mol. The van der Waals surface area contributed by atoms with Crippen molar-refractivity contribution in [2.75, 3.05) is 14.2 Å². The molecule has 0 rings (SSSR count). The highest BCUT2D eigenvalue weighted by Gasteiger charge is 2.01. The summed E-state index contributed by atoms with van der Waals surface area (Å²) in [5, 5.41) is 0. The van der Waals surface area contributed by atoms with Crippen molar-refractivity contribution < 1.29 is 9.47 Å². The van der Waals surface area contributed by atoms with Gasteiger partial charge in [-0.3, -0.25) is 0 Å². The zero-order chi connectivity index (χ0) is 14.2. The Labute approximate surface area is 120 Å². The normalized spacial score (nSPS) is 11.8. The van der Waals surface area contributed by atoms with Crippen molar-refractivity contribution in [3.05, 3.63) is 12.2 Å². The first-order valence-electron chi connectivity index (χ1n) is 8.05. The SMILES string of the molecule is CCCCCCCCCC/C=C\CCC(OC)OC. The summed E-state index contributed by atoms with van der Waals surface area (Å²) in [7, 11) is 3.39. The minimum Gasteiger partial charge on any atom is -0.356 e. The zero-order valence-electron chi connectivity index (χ0n) is 13.3. The zero-order valence-corrected chi connectivity index (χ0v) is 13.3. The third-order valence-corrected chi connectivity index (χ3v) is 3.49. The van der Waals surface area contributed by atoms with Gasteiger partial charge in [0.05, 0.1) is 0 Å². The predicted octanol–water partition coefficient (Wildman–Crippen LogP) is 5.47. The fraction of sp³-hybridized carbons (Fsp3) is 0.882. The number of hydrogen-bond acceptors (Lipinski definition) is 2. The monoisotopic (exact) mass is 270 g/mol. The molecule has 0 aromatic heterocycles. The van der Waals surface area contributed by atoms with E-state index in [9.17, 15) is 0 Å². The summed E-state index contributed by atoms with van der Waals surface area (Å²) in [6.07, 6.45) is 18.9. The van der Waals surface area contributed by atoms with Crippen molar-refractivity contribution in [3.8, 4) is 0 Å². The number of unbranched alkanes of at least 4 members (excludes halogenated alkanes) is 8. The molecule has 0 unspecified atom stereocenters. The summed E-state index contributed by atoms with van der Waals surface area (Å²) in [5.74, 6) is 0. The molecule has 0 aliphatic heterocycles. The molecule has 0 aliphatic rings. The van der Waals surface area contributed by atoms with Crippen molar-refractivity contribution in [2.45, 2.75) is 83.8 Å². The highest BCUT2D eigenvalue weighted by Crippen LogP contribution is 2.10. The maximum Gasteiger partial charge on any atom is 0.157 e. The number of methoxy groups -OCH3 is 2. The van der Waals surface area contributed by atoms with E-state index in [0.29, 0.717) is 0 Å². The molecule has 0 spiro atoms. The van der Waals surface area contributed by atoms with Gasteiger partial charge in [-0.25, -0.2) is 0 Å². The first-order chi connectivity index (χ1) is 9.35. The Morgan fingerprint density at radius 3 is 1.84 bits per heavy atom. The molecule has 0 atom stereocenters. The van der Waals surface area contributed by atoms with Crippen molar-refractivity contribution >= 4 is 0 Å². The quantitative estimate of drug-likeness (QED) is 0.237. The molecule has 0 fully saturated rings. The van der Waals surface area contributed by atoms with Crippen LogP contribution in [-0.4, -0.2) is 20.5 Å². The Morgan fingerprint density at radius 1 is 0.737 bits per heavy atom. The number of rotatable bonds is 14. The fourth-order valence-electron chi connectivity index (χ4n) is 2.20. The highest BCUT2D eigenvalue weighted by molar-refractivity contribution is 4.81. The van der Waals surface area contributed by atoms with Crippen molar-refractivity contribution in [2.24, 2.45) is 0 Å². The molecule has 0 N–H and O–H groups in total. The van der Waals surface area contributed by atoms with E-state index in [1.165, 1.54) is 57.8 Å². The van der Waals surface area contributed by atoms with Gasteiger partial charge in [-0.2, -0.15) is 0 Å². The summed E-state index contributed by atoms with van der Waals surface area (Å²) in [6.45, 7) is 2.27. The molecule has 0 aromatic carbocycles. The van der Waals surface area contributed by atoms with E-state index in [1.807, 2.05) is 0 Å². The average Bonchev–Trinajstić information content (AvgIpc) is 2.44. The third-order valence-electron chi connectivity index (χ3n) is 3.49. The van der Waals surface area contributed by atoms with E-state index in [4.69, 9.17) is 9.47 Å². The lowest BCUT2D eigenvalue weighted by atomic mass is 10.1. The summed E-state index contributed by atoms with van der Waals surface area (Å²) in [5.41, 5.74) is 0. The van der Waals surface area contributed by atoms with Gasteiger partial charge in [-0.1, -0.05) is 64.0 Å². The molecule has 0 aromatic rings. The maximum atomic E-state index is 5.14. The van der Waals surface area contributed by atoms with Crippen molar-refractivity contribution in [3.63, 3.8) is 0 Å². The summed E-state index contributed by atoms with van der Waals surface area (Å²) < 4.78 is 10.3. The van der Waals surface area contributed by atoms with Crippen LogP contribution in [0.25, 0.3) is 0 Å². The second kappa shape index (κ2) is 15.7. The summed E-state index contributed by atoms with van der Waals surface area (Å²) >= 11 is 0. The van der Waals surface area contributed by atoms with Crippen LogP contribution in [0.3, 0.4) is 0 Å². The van der Waals surface area contributed by atoms with Gasteiger partial charge < -0.3 is 9.47 Å². The average molecular weight is 270 g/mol. The molecule has 0 bridgehead atoms.